The summed E-state index contributed by atoms with van der Waals surface area (Å²) in [4.78, 5) is 11.3. The van der Waals surface area contributed by atoms with E-state index in [4.69, 9.17) is 27.9 Å². The first kappa shape index (κ1) is 19.7. The summed E-state index contributed by atoms with van der Waals surface area (Å²) >= 11 is 13.8. The van der Waals surface area contributed by atoms with Crippen molar-refractivity contribution in [2.75, 3.05) is 12.9 Å². The topological polar surface area (TPSA) is 57.0 Å². The van der Waals surface area contributed by atoms with Crippen LogP contribution < -0.4 is 4.74 Å². The van der Waals surface area contributed by atoms with Gasteiger partial charge in [-0.25, -0.2) is 0 Å². The third kappa shape index (κ3) is 4.64. The van der Waals surface area contributed by atoms with Crippen molar-refractivity contribution in [3.8, 4) is 22.8 Å². The van der Waals surface area contributed by atoms with E-state index in [2.05, 4.69) is 10.2 Å². The summed E-state index contributed by atoms with van der Waals surface area (Å²) in [5.74, 6) is 1.98. The molecule has 0 aliphatic rings. The molecular weight excluding hydrogens is 405 g/mol. The minimum atomic E-state index is 0.129. The van der Waals surface area contributed by atoms with Crippen LogP contribution in [0.2, 0.25) is 10.0 Å². The van der Waals surface area contributed by atoms with E-state index in [1.54, 1.807) is 38.3 Å². The second-order valence-electron chi connectivity index (χ2n) is 5.77. The van der Waals surface area contributed by atoms with Gasteiger partial charge in [0, 0.05) is 27.8 Å². The van der Waals surface area contributed by atoms with Crippen LogP contribution in [0.15, 0.2) is 47.6 Å². The summed E-state index contributed by atoms with van der Waals surface area (Å²) in [6.45, 7) is 1.57. The number of carbonyl (C=O) groups is 1. The quantitative estimate of drug-likeness (QED) is 0.483. The normalized spacial score (nSPS) is 10.8. The molecule has 0 unspecified atom stereocenters. The van der Waals surface area contributed by atoms with Gasteiger partial charge in [0.1, 0.15) is 11.5 Å². The van der Waals surface area contributed by atoms with Crippen LogP contribution in [0.25, 0.3) is 17.1 Å². The van der Waals surface area contributed by atoms with Crippen LogP contribution in [-0.4, -0.2) is 33.4 Å². The Hall–Kier alpha value is -2.02. The summed E-state index contributed by atoms with van der Waals surface area (Å²) in [6, 6.07) is 12.7. The van der Waals surface area contributed by atoms with E-state index in [0.29, 0.717) is 38.9 Å². The van der Waals surface area contributed by atoms with Crippen molar-refractivity contribution in [3.05, 3.63) is 52.5 Å². The van der Waals surface area contributed by atoms with Gasteiger partial charge < -0.3 is 4.74 Å². The monoisotopic (exact) mass is 421 g/mol. The van der Waals surface area contributed by atoms with Gasteiger partial charge in [-0.15, -0.1) is 10.2 Å². The molecule has 2 aromatic carbocycles. The lowest BCUT2D eigenvalue weighted by atomic mass is 10.2. The van der Waals surface area contributed by atoms with E-state index >= 15 is 0 Å². The average Bonchev–Trinajstić information content (AvgIpc) is 3.05. The molecule has 0 spiro atoms. The Bertz CT molecular complexity index is 975. The zero-order valence-corrected chi connectivity index (χ0v) is 17.1. The summed E-state index contributed by atoms with van der Waals surface area (Å²) < 4.78 is 7.39. The lowest BCUT2D eigenvalue weighted by Crippen LogP contribution is -2.03. The second kappa shape index (κ2) is 8.78. The van der Waals surface area contributed by atoms with Crippen molar-refractivity contribution < 1.29 is 9.53 Å². The Morgan fingerprint density at radius 2 is 1.93 bits per heavy atom. The molecule has 8 heteroatoms. The van der Waals surface area contributed by atoms with Gasteiger partial charge in [0.15, 0.2) is 11.0 Å². The van der Waals surface area contributed by atoms with Gasteiger partial charge in [-0.3, -0.25) is 9.36 Å². The highest BCUT2D eigenvalue weighted by atomic mass is 35.5. The number of ether oxygens (including phenoxy) is 1. The Morgan fingerprint density at radius 3 is 2.63 bits per heavy atom. The van der Waals surface area contributed by atoms with Crippen molar-refractivity contribution in [3.63, 3.8) is 0 Å². The van der Waals surface area contributed by atoms with Crippen molar-refractivity contribution in [2.24, 2.45) is 0 Å². The maximum atomic E-state index is 11.3. The Labute approximate surface area is 171 Å². The van der Waals surface area contributed by atoms with Gasteiger partial charge in [-0.1, -0.05) is 47.1 Å². The molecule has 27 heavy (non-hydrogen) atoms. The molecule has 0 atom stereocenters. The van der Waals surface area contributed by atoms with Gasteiger partial charge in [0.05, 0.1) is 12.8 Å². The standard InChI is InChI=1S/C19H17Cl2N3O2S/c1-12(25)8-9-27-19-23-22-18(13-4-3-5-14(20)10-13)24(19)16-11-15(21)6-7-17(16)26-2/h3-7,10-11H,8-9H2,1-2H3. The van der Waals surface area contributed by atoms with Crippen LogP contribution in [0, 0.1) is 0 Å². The number of rotatable bonds is 7. The zero-order valence-electron chi connectivity index (χ0n) is 14.8. The van der Waals surface area contributed by atoms with Crippen molar-refractivity contribution in [2.45, 2.75) is 18.5 Å². The number of benzene rings is 2. The summed E-state index contributed by atoms with van der Waals surface area (Å²) in [5, 5.41) is 10.5. The van der Waals surface area contributed by atoms with E-state index in [1.807, 2.05) is 22.8 Å². The van der Waals surface area contributed by atoms with Crippen LogP contribution in [-0.2, 0) is 4.79 Å². The smallest absolute Gasteiger partial charge is 0.196 e. The van der Waals surface area contributed by atoms with Gasteiger partial charge in [-0.2, -0.15) is 0 Å². The van der Waals surface area contributed by atoms with E-state index in [0.717, 1.165) is 11.3 Å². The number of aromatic nitrogens is 3. The van der Waals surface area contributed by atoms with Crippen LogP contribution in [0.5, 0.6) is 5.75 Å². The van der Waals surface area contributed by atoms with Crippen LogP contribution in [0.4, 0.5) is 0 Å². The van der Waals surface area contributed by atoms with Gasteiger partial charge in [0.2, 0.25) is 0 Å². The van der Waals surface area contributed by atoms with Crippen molar-refractivity contribution >= 4 is 40.7 Å². The molecule has 0 aliphatic carbocycles. The number of methoxy groups -OCH3 is 1. The van der Waals surface area contributed by atoms with Gasteiger partial charge in [-0.05, 0) is 37.3 Å². The van der Waals surface area contributed by atoms with E-state index in [9.17, 15) is 4.79 Å². The number of hydrogen-bond acceptors (Lipinski definition) is 5. The molecule has 3 aromatic rings. The fourth-order valence-corrected chi connectivity index (χ4v) is 3.86. The molecule has 0 saturated carbocycles. The average molecular weight is 422 g/mol. The molecule has 0 fully saturated rings. The highest BCUT2D eigenvalue weighted by Crippen LogP contribution is 2.34. The Morgan fingerprint density at radius 1 is 1.15 bits per heavy atom. The van der Waals surface area contributed by atoms with Gasteiger partial charge in [0.25, 0.3) is 0 Å². The molecule has 0 radical (unpaired) electrons. The van der Waals surface area contributed by atoms with Gasteiger partial charge >= 0.3 is 0 Å². The fourth-order valence-electron chi connectivity index (χ4n) is 2.52. The summed E-state index contributed by atoms with van der Waals surface area (Å²) in [7, 11) is 1.60. The maximum Gasteiger partial charge on any atom is 0.196 e. The molecule has 0 amide bonds. The second-order valence-corrected chi connectivity index (χ2v) is 7.70. The molecule has 140 valence electrons. The molecule has 5 nitrogen and oxygen atoms in total. The predicted molar refractivity (Wildman–Crippen MR) is 109 cm³/mol. The molecule has 0 aliphatic heterocycles. The molecule has 1 heterocycles. The summed E-state index contributed by atoms with van der Waals surface area (Å²) in [5.41, 5.74) is 1.53. The maximum absolute atomic E-state index is 11.3. The zero-order chi connectivity index (χ0) is 19.4. The number of thioether (sulfide) groups is 1. The Balaban J connectivity index is 2.14. The number of carbonyl (C=O) groups excluding carboxylic acids is 1. The first-order valence-electron chi connectivity index (χ1n) is 8.17. The molecule has 3 rings (SSSR count). The van der Waals surface area contributed by atoms with Crippen LogP contribution in [0.3, 0.4) is 0 Å². The number of halogens is 2. The number of ketones is 1. The predicted octanol–water partition coefficient (Wildman–Crippen LogP) is 5.32. The minimum absolute atomic E-state index is 0.129. The number of hydrogen-bond donors (Lipinski definition) is 0. The lowest BCUT2D eigenvalue weighted by molar-refractivity contribution is -0.116. The van der Waals surface area contributed by atoms with Crippen molar-refractivity contribution in [1.29, 1.82) is 0 Å². The molecule has 0 saturated heterocycles. The largest absolute Gasteiger partial charge is 0.495 e. The molecule has 1 aromatic heterocycles. The molecule has 0 N–H and O–H groups in total. The van der Waals surface area contributed by atoms with Crippen molar-refractivity contribution in [1.82, 2.24) is 14.8 Å². The van der Waals surface area contributed by atoms with E-state index in [1.165, 1.54) is 11.8 Å². The molecule has 0 bridgehead atoms. The third-order valence-corrected chi connectivity index (χ3v) is 5.18. The van der Waals surface area contributed by atoms with E-state index < -0.39 is 0 Å². The minimum Gasteiger partial charge on any atom is -0.495 e. The van der Waals surface area contributed by atoms with Crippen LogP contribution >= 0.6 is 35.0 Å². The first-order chi connectivity index (χ1) is 13.0. The SMILES string of the molecule is COc1ccc(Cl)cc1-n1c(SCCC(C)=O)nnc1-c1cccc(Cl)c1. The Kier molecular flexibility index (Phi) is 6.42. The number of Topliss-reactive ketones (excluding diaryl/α,β-unsaturated/α-hetero) is 1. The highest BCUT2D eigenvalue weighted by molar-refractivity contribution is 7.99. The summed E-state index contributed by atoms with van der Waals surface area (Å²) in [6.07, 6.45) is 0.455. The lowest BCUT2D eigenvalue weighted by Gasteiger charge is -2.14. The number of nitrogens with zero attached hydrogens (tertiary/aromatic N) is 3. The fraction of sp³-hybridized carbons (Fsp3) is 0.211. The third-order valence-electron chi connectivity index (χ3n) is 3.78. The highest BCUT2D eigenvalue weighted by Gasteiger charge is 2.19. The van der Waals surface area contributed by atoms with Crippen LogP contribution in [0.1, 0.15) is 13.3 Å². The molecular formula is C19H17Cl2N3O2S. The first-order valence-corrected chi connectivity index (χ1v) is 9.91. The van der Waals surface area contributed by atoms with E-state index in [-0.39, 0.29) is 5.78 Å².